The summed E-state index contributed by atoms with van der Waals surface area (Å²) < 4.78 is 17.2. The number of hydrogen-bond donors (Lipinski definition) is 2. The monoisotopic (exact) mass is 473 g/mol. The molecule has 0 spiro atoms. The van der Waals surface area contributed by atoms with Crippen molar-refractivity contribution in [1.29, 1.82) is 0 Å². The summed E-state index contributed by atoms with van der Waals surface area (Å²) in [6.45, 7) is 3.72. The number of hydrogen-bond acceptors (Lipinski definition) is 10. The van der Waals surface area contributed by atoms with Crippen molar-refractivity contribution in [1.82, 2.24) is 14.9 Å². The lowest BCUT2D eigenvalue weighted by Crippen LogP contribution is -2.17. The predicted octanol–water partition coefficient (Wildman–Crippen LogP) is 3.79. The molecule has 4 rings (SSSR count). The molecule has 10 nitrogen and oxygen atoms in total. The highest BCUT2D eigenvalue weighted by Gasteiger charge is 2.24. The number of esters is 1. The minimum atomic E-state index is -0.537. The van der Waals surface area contributed by atoms with E-state index in [0.29, 0.717) is 33.1 Å². The summed E-state index contributed by atoms with van der Waals surface area (Å²) >= 11 is 2.33. The molecule has 166 valence electrons. The smallest absolute Gasteiger partial charge is 0.341 e. The number of ether oxygens (including phenoxy) is 1. The molecule has 0 unspecified atom stereocenters. The van der Waals surface area contributed by atoms with Gasteiger partial charge < -0.3 is 24.7 Å². The number of nitrogens with two attached hydrogens (primary N) is 1. The van der Waals surface area contributed by atoms with Gasteiger partial charge in [0.25, 0.3) is 0 Å². The molecule has 0 radical (unpaired) electrons. The maximum Gasteiger partial charge on any atom is 0.341 e. The molecule has 12 heteroatoms. The highest BCUT2D eigenvalue weighted by molar-refractivity contribution is 7.99. The molecule has 0 atom stereocenters. The van der Waals surface area contributed by atoms with Gasteiger partial charge in [0.1, 0.15) is 22.1 Å². The van der Waals surface area contributed by atoms with Crippen molar-refractivity contribution < 1.29 is 23.2 Å². The average molecular weight is 474 g/mol. The highest BCUT2D eigenvalue weighted by Crippen LogP contribution is 2.36. The Balaban J connectivity index is 1.48. The number of carbonyl (C=O) groups is 2. The van der Waals surface area contributed by atoms with Crippen LogP contribution in [-0.2, 0) is 9.53 Å². The van der Waals surface area contributed by atoms with Crippen LogP contribution in [0, 0.1) is 6.92 Å². The van der Waals surface area contributed by atoms with Crippen molar-refractivity contribution in [3.63, 3.8) is 0 Å². The van der Waals surface area contributed by atoms with Crippen LogP contribution in [-0.4, -0.2) is 39.1 Å². The summed E-state index contributed by atoms with van der Waals surface area (Å²) in [5.41, 5.74) is 1.53. The number of nitrogen functional groups attached to an aromatic ring is 1. The van der Waals surface area contributed by atoms with E-state index in [1.165, 1.54) is 22.3 Å². The van der Waals surface area contributed by atoms with Crippen LogP contribution in [0.2, 0.25) is 0 Å². The summed E-state index contributed by atoms with van der Waals surface area (Å²) in [5, 5.41) is 13.4. The first-order valence-electron chi connectivity index (χ1n) is 9.49. The molecular weight excluding hydrogens is 454 g/mol. The molecule has 3 N–H and O–H groups in total. The number of nitrogens with one attached hydrogen (secondary N) is 1. The van der Waals surface area contributed by atoms with Gasteiger partial charge >= 0.3 is 5.97 Å². The van der Waals surface area contributed by atoms with Gasteiger partial charge in [-0.05, 0) is 32.0 Å². The Labute approximate surface area is 190 Å². The number of amides is 1. The summed E-state index contributed by atoms with van der Waals surface area (Å²) in [6, 6.07) is 5.20. The van der Waals surface area contributed by atoms with E-state index in [-0.39, 0.29) is 23.8 Å². The van der Waals surface area contributed by atoms with Gasteiger partial charge in [0.2, 0.25) is 11.1 Å². The summed E-state index contributed by atoms with van der Waals surface area (Å²) in [7, 11) is 0. The number of furan rings is 2. The minimum absolute atomic E-state index is 0.00987. The third-order valence-electron chi connectivity index (χ3n) is 4.41. The second-order valence-electron chi connectivity index (χ2n) is 6.45. The standard InChI is InChI=1S/C20H19N5O5S2/c1-3-28-19(27)16-13(14-5-4-7-30-14)9-31-18(16)22-15(26)10-32-20-24-23-17(25(20)21)12-6-8-29-11(12)2/h4-9H,3,10,21H2,1-2H3,(H,22,26). The number of thiophene rings is 1. The van der Waals surface area contributed by atoms with Crippen LogP contribution < -0.4 is 11.2 Å². The number of anilines is 1. The molecule has 0 aliphatic rings. The molecule has 0 saturated carbocycles. The lowest BCUT2D eigenvalue weighted by atomic mass is 10.1. The number of rotatable bonds is 8. The number of carbonyl (C=O) groups excluding carboxylic acids is 2. The summed E-state index contributed by atoms with van der Waals surface area (Å²) in [5.74, 6) is 6.83. The van der Waals surface area contributed by atoms with E-state index in [4.69, 9.17) is 19.4 Å². The number of thioether (sulfide) groups is 1. The second-order valence-corrected chi connectivity index (χ2v) is 8.28. The van der Waals surface area contributed by atoms with Gasteiger partial charge in [0.15, 0.2) is 5.82 Å². The molecule has 0 aliphatic heterocycles. The van der Waals surface area contributed by atoms with Crippen molar-refractivity contribution >= 4 is 40.0 Å². The summed E-state index contributed by atoms with van der Waals surface area (Å²) in [6.07, 6.45) is 3.05. The molecular formula is C20H19N5O5S2. The maximum atomic E-state index is 12.6. The van der Waals surface area contributed by atoms with Gasteiger partial charge in [-0.15, -0.1) is 21.5 Å². The quantitative estimate of drug-likeness (QED) is 0.222. The lowest BCUT2D eigenvalue weighted by Gasteiger charge is -2.08. The van der Waals surface area contributed by atoms with E-state index in [1.54, 1.807) is 43.7 Å². The Kier molecular flexibility index (Phi) is 6.32. The van der Waals surface area contributed by atoms with E-state index >= 15 is 0 Å². The van der Waals surface area contributed by atoms with Crippen LogP contribution in [0.5, 0.6) is 0 Å². The van der Waals surface area contributed by atoms with E-state index in [1.807, 2.05) is 0 Å². The van der Waals surface area contributed by atoms with Gasteiger partial charge in [-0.3, -0.25) is 4.79 Å². The Morgan fingerprint density at radius 1 is 1.25 bits per heavy atom. The van der Waals surface area contributed by atoms with Crippen molar-refractivity contribution in [3.8, 4) is 22.7 Å². The van der Waals surface area contributed by atoms with Crippen molar-refractivity contribution in [2.45, 2.75) is 19.0 Å². The van der Waals surface area contributed by atoms with E-state index in [9.17, 15) is 9.59 Å². The number of nitrogens with zero attached hydrogens (tertiary/aromatic N) is 3. The first-order valence-corrected chi connectivity index (χ1v) is 11.4. The van der Waals surface area contributed by atoms with Gasteiger partial charge in [-0.25, -0.2) is 9.47 Å². The molecule has 4 aromatic heterocycles. The fraction of sp³-hybridized carbons (Fsp3) is 0.200. The molecule has 0 saturated heterocycles. The fourth-order valence-corrected chi connectivity index (χ4v) is 4.55. The van der Waals surface area contributed by atoms with Crippen molar-refractivity contribution in [2.75, 3.05) is 23.5 Å². The topological polar surface area (TPSA) is 138 Å². The zero-order chi connectivity index (χ0) is 22.7. The Hall–Kier alpha value is -3.51. The zero-order valence-electron chi connectivity index (χ0n) is 17.2. The van der Waals surface area contributed by atoms with E-state index in [0.717, 1.165) is 17.3 Å². The van der Waals surface area contributed by atoms with Crippen LogP contribution in [0.1, 0.15) is 23.0 Å². The molecule has 1 amide bonds. The first kappa shape index (κ1) is 21.7. The van der Waals surface area contributed by atoms with Gasteiger partial charge in [-0.1, -0.05) is 11.8 Å². The van der Waals surface area contributed by atoms with Gasteiger partial charge in [0, 0.05) is 10.9 Å². The normalized spacial score (nSPS) is 10.9. The third-order valence-corrected chi connectivity index (χ3v) is 6.25. The predicted molar refractivity (Wildman–Crippen MR) is 120 cm³/mol. The van der Waals surface area contributed by atoms with Crippen molar-refractivity contribution in [3.05, 3.63) is 47.4 Å². The zero-order valence-corrected chi connectivity index (χ0v) is 18.8. The SMILES string of the molecule is CCOC(=O)c1c(-c2ccco2)csc1NC(=O)CSc1nnc(-c2ccoc2C)n1N. The van der Waals surface area contributed by atoms with Gasteiger partial charge in [0.05, 0.1) is 30.4 Å². The van der Waals surface area contributed by atoms with E-state index in [2.05, 4.69) is 15.5 Å². The largest absolute Gasteiger partial charge is 0.469 e. The van der Waals surface area contributed by atoms with Crippen molar-refractivity contribution in [2.24, 2.45) is 0 Å². The molecule has 4 heterocycles. The lowest BCUT2D eigenvalue weighted by molar-refractivity contribution is -0.113. The van der Waals surface area contributed by atoms with Crippen LogP contribution in [0.3, 0.4) is 0 Å². The molecule has 4 aromatic rings. The van der Waals surface area contributed by atoms with E-state index < -0.39 is 5.97 Å². The first-order chi connectivity index (χ1) is 15.5. The molecule has 0 bridgehead atoms. The Morgan fingerprint density at radius 3 is 2.78 bits per heavy atom. The summed E-state index contributed by atoms with van der Waals surface area (Å²) in [4.78, 5) is 25.1. The Bertz CT molecular complexity index is 1240. The number of aryl methyl sites for hydroxylation is 1. The number of aromatic nitrogens is 3. The molecule has 0 fully saturated rings. The fourth-order valence-electron chi connectivity index (χ4n) is 2.94. The average Bonchev–Trinajstić information content (AvgIpc) is 3.54. The molecule has 32 heavy (non-hydrogen) atoms. The van der Waals surface area contributed by atoms with Crippen LogP contribution in [0.15, 0.2) is 50.1 Å². The Morgan fingerprint density at radius 2 is 2.09 bits per heavy atom. The highest BCUT2D eigenvalue weighted by atomic mass is 32.2. The third kappa shape index (κ3) is 4.27. The van der Waals surface area contributed by atoms with Gasteiger partial charge in [-0.2, -0.15) is 0 Å². The second kappa shape index (κ2) is 9.32. The van der Waals surface area contributed by atoms with Crippen LogP contribution in [0.25, 0.3) is 22.7 Å². The minimum Gasteiger partial charge on any atom is -0.469 e. The van der Waals surface area contributed by atoms with Crippen LogP contribution in [0.4, 0.5) is 5.00 Å². The maximum absolute atomic E-state index is 12.6. The molecule has 0 aliphatic carbocycles. The van der Waals surface area contributed by atoms with Crippen LogP contribution >= 0.6 is 23.1 Å². The molecule has 0 aromatic carbocycles.